The molecule has 0 radical (unpaired) electrons. The van der Waals surface area contributed by atoms with E-state index in [1.807, 2.05) is 6.92 Å². The first kappa shape index (κ1) is 13.2. The third-order valence-electron chi connectivity index (χ3n) is 2.13. The van der Waals surface area contributed by atoms with E-state index >= 15 is 0 Å². The minimum absolute atomic E-state index is 0.163. The van der Waals surface area contributed by atoms with Gasteiger partial charge in [0.05, 0.1) is 12.2 Å². The largest absolute Gasteiger partial charge is 0.478 e. The second-order valence-electron chi connectivity index (χ2n) is 3.34. The first-order valence-electron chi connectivity index (χ1n) is 5.34. The fraction of sp³-hybridized carbons (Fsp3) is 0.333. The summed E-state index contributed by atoms with van der Waals surface area (Å²) < 4.78 is 5.08. The highest BCUT2D eigenvalue weighted by molar-refractivity contribution is 5.95. The fourth-order valence-corrected chi connectivity index (χ4v) is 1.25. The number of carbonyl (C=O) groups is 2. The third kappa shape index (κ3) is 4.24. The number of hydrogen-bond acceptors (Lipinski definition) is 3. The van der Waals surface area contributed by atoms with Crippen LogP contribution in [0.1, 0.15) is 27.6 Å². The van der Waals surface area contributed by atoms with Gasteiger partial charge in [0, 0.05) is 18.7 Å². The SMILES string of the molecule is CCOCCNC(=O)c1ccc(C(=O)O)cc1. The maximum atomic E-state index is 11.6. The van der Waals surface area contributed by atoms with Crippen LogP contribution >= 0.6 is 0 Å². The highest BCUT2D eigenvalue weighted by Crippen LogP contribution is 2.04. The van der Waals surface area contributed by atoms with Crippen molar-refractivity contribution >= 4 is 11.9 Å². The smallest absolute Gasteiger partial charge is 0.335 e. The molecule has 0 heterocycles. The number of aromatic carboxylic acids is 1. The molecular formula is C12H15NO4. The first-order valence-corrected chi connectivity index (χ1v) is 5.34. The molecule has 1 amide bonds. The normalized spacial score (nSPS) is 9.94. The van der Waals surface area contributed by atoms with Gasteiger partial charge < -0.3 is 15.2 Å². The minimum atomic E-state index is -1.01. The van der Waals surface area contributed by atoms with Gasteiger partial charge in [-0.2, -0.15) is 0 Å². The van der Waals surface area contributed by atoms with Crippen LogP contribution in [-0.2, 0) is 4.74 Å². The van der Waals surface area contributed by atoms with Gasteiger partial charge in [-0.3, -0.25) is 4.79 Å². The van der Waals surface area contributed by atoms with Crippen LogP contribution in [0.2, 0.25) is 0 Å². The molecule has 0 bridgehead atoms. The number of benzene rings is 1. The van der Waals surface area contributed by atoms with Crippen LogP contribution in [0.3, 0.4) is 0 Å². The summed E-state index contributed by atoms with van der Waals surface area (Å²) in [5, 5.41) is 11.4. The molecule has 0 aromatic heterocycles. The van der Waals surface area contributed by atoms with Crippen molar-refractivity contribution in [3.63, 3.8) is 0 Å². The van der Waals surface area contributed by atoms with Crippen molar-refractivity contribution in [2.45, 2.75) is 6.92 Å². The molecule has 1 rings (SSSR count). The monoisotopic (exact) mass is 237 g/mol. The van der Waals surface area contributed by atoms with Crippen LogP contribution in [-0.4, -0.2) is 36.7 Å². The summed E-state index contributed by atoms with van der Waals surface area (Å²) in [6.07, 6.45) is 0. The molecule has 17 heavy (non-hydrogen) atoms. The predicted molar refractivity (Wildman–Crippen MR) is 62.2 cm³/mol. The second-order valence-corrected chi connectivity index (χ2v) is 3.34. The Kier molecular flexibility index (Phi) is 5.16. The molecule has 0 spiro atoms. The number of rotatable bonds is 6. The third-order valence-corrected chi connectivity index (χ3v) is 2.13. The summed E-state index contributed by atoms with van der Waals surface area (Å²) >= 11 is 0. The molecule has 0 aliphatic rings. The van der Waals surface area contributed by atoms with Gasteiger partial charge in [-0.15, -0.1) is 0 Å². The molecule has 1 aromatic rings. The van der Waals surface area contributed by atoms with E-state index < -0.39 is 5.97 Å². The second kappa shape index (κ2) is 6.65. The molecule has 0 aliphatic carbocycles. The first-order chi connectivity index (χ1) is 8.15. The van der Waals surface area contributed by atoms with Crippen molar-refractivity contribution in [3.05, 3.63) is 35.4 Å². The van der Waals surface area contributed by atoms with Crippen molar-refractivity contribution in [2.75, 3.05) is 19.8 Å². The molecule has 5 nitrogen and oxygen atoms in total. The Morgan fingerprint density at radius 2 is 1.82 bits per heavy atom. The number of amides is 1. The van der Waals surface area contributed by atoms with Crippen molar-refractivity contribution in [3.8, 4) is 0 Å². The fourth-order valence-electron chi connectivity index (χ4n) is 1.25. The Labute approximate surface area is 99.4 Å². The zero-order valence-corrected chi connectivity index (χ0v) is 9.60. The zero-order valence-electron chi connectivity index (χ0n) is 9.60. The van der Waals surface area contributed by atoms with Crippen LogP contribution in [0.5, 0.6) is 0 Å². The summed E-state index contributed by atoms with van der Waals surface area (Å²) in [6, 6.07) is 5.78. The molecule has 5 heteroatoms. The van der Waals surface area contributed by atoms with Crippen molar-refractivity contribution < 1.29 is 19.4 Å². The number of carboxylic acid groups (broad SMARTS) is 1. The van der Waals surface area contributed by atoms with Gasteiger partial charge in [0.25, 0.3) is 5.91 Å². The minimum Gasteiger partial charge on any atom is -0.478 e. The van der Waals surface area contributed by atoms with Crippen molar-refractivity contribution in [1.82, 2.24) is 5.32 Å². The highest BCUT2D eigenvalue weighted by atomic mass is 16.5. The Hall–Kier alpha value is -1.88. The van der Waals surface area contributed by atoms with Crippen LogP contribution in [0.15, 0.2) is 24.3 Å². The van der Waals surface area contributed by atoms with E-state index in [2.05, 4.69) is 5.32 Å². The lowest BCUT2D eigenvalue weighted by Gasteiger charge is -2.05. The molecule has 2 N–H and O–H groups in total. The molecule has 1 aromatic carbocycles. The van der Waals surface area contributed by atoms with Gasteiger partial charge in [-0.25, -0.2) is 4.79 Å². The molecule has 92 valence electrons. The van der Waals surface area contributed by atoms with E-state index in [9.17, 15) is 9.59 Å². The van der Waals surface area contributed by atoms with Gasteiger partial charge in [-0.05, 0) is 31.2 Å². The predicted octanol–water partition coefficient (Wildman–Crippen LogP) is 1.15. The topological polar surface area (TPSA) is 75.6 Å². The standard InChI is InChI=1S/C12H15NO4/c1-2-17-8-7-13-11(14)9-3-5-10(6-4-9)12(15)16/h3-6H,2,7-8H2,1H3,(H,13,14)(H,15,16). The van der Waals surface area contributed by atoms with Crippen molar-refractivity contribution in [1.29, 1.82) is 0 Å². The van der Waals surface area contributed by atoms with Crippen molar-refractivity contribution in [2.24, 2.45) is 0 Å². The summed E-state index contributed by atoms with van der Waals surface area (Å²) in [6.45, 7) is 3.40. The lowest BCUT2D eigenvalue weighted by atomic mass is 10.1. The lowest BCUT2D eigenvalue weighted by Crippen LogP contribution is -2.27. The Bertz CT molecular complexity index is 386. The Balaban J connectivity index is 2.49. The number of hydrogen-bond donors (Lipinski definition) is 2. The molecule has 0 aliphatic heterocycles. The van der Waals surface area contributed by atoms with Gasteiger partial charge in [0.15, 0.2) is 0 Å². The summed E-state index contributed by atoms with van der Waals surface area (Å²) in [5.41, 5.74) is 0.599. The molecule has 0 saturated carbocycles. The van der Waals surface area contributed by atoms with Gasteiger partial charge >= 0.3 is 5.97 Å². The zero-order chi connectivity index (χ0) is 12.7. The van der Waals surface area contributed by atoms with Gasteiger partial charge in [-0.1, -0.05) is 0 Å². The number of nitrogens with one attached hydrogen (secondary N) is 1. The van der Waals surface area contributed by atoms with Crippen LogP contribution in [0.25, 0.3) is 0 Å². The van der Waals surface area contributed by atoms with Crippen LogP contribution in [0.4, 0.5) is 0 Å². The van der Waals surface area contributed by atoms with Gasteiger partial charge in [0.1, 0.15) is 0 Å². The van der Waals surface area contributed by atoms with Crippen LogP contribution in [0, 0.1) is 0 Å². The lowest BCUT2D eigenvalue weighted by molar-refractivity contribution is 0.0696. The average molecular weight is 237 g/mol. The van der Waals surface area contributed by atoms with E-state index in [4.69, 9.17) is 9.84 Å². The van der Waals surface area contributed by atoms with E-state index in [-0.39, 0.29) is 11.5 Å². The summed E-state index contributed by atoms with van der Waals surface area (Å²) in [4.78, 5) is 22.2. The Morgan fingerprint density at radius 3 is 2.35 bits per heavy atom. The number of carbonyl (C=O) groups excluding carboxylic acids is 1. The van der Waals surface area contributed by atoms with Crippen LogP contribution < -0.4 is 5.32 Å². The molecule has 0 saturated heterocycles. The maximum Gasteiger partial charge on any atom is 0.335 e. The number of ether oxygens (including phenoxy) is 1. The molecule has 0 atom stereocenters. The summed E-state index contributed by atoms with van der Waals surface area (Å²) in [7, 11) is 0. The quantitative estimate of drug-likeness (QED) is 0.728. The maximum absolute atomic E-state index is 11.6. The average Bonchev–Trinajstić information content (AvgIpc) is 2.34. The van der Waals surface area contributed by atoms with E-state index in [1.54, 1.807) is 0 Å². The van der Waals surface area contributed by atoms with Gasteiger partial charge in [0.2, 0.25) is 0 Å². The Morgan fingerprint density at radius 1 is 1.24 bits per heavy atom. The number of carboxylic acids is 1. The highest BCUT2D eigenvalue weighted by Gasteiger charge is 2.06. The molecule has 0 fully saturated rings. The van der Waals surface area contributed by atoms with E-state index in [1.165, 1.54) is 24.3 Å². The summed E-state index contributed by atoms with van der Waals surface area (Å²) in [5.74, 6) is -1.24. The molecule has 0 unspecified atom stereocenters. The van der Waals surface area contributed by atoms with E-state index in [0.29, 0.717) is 25.3 Å². The molecular weight excluding hydrogens is 222 g/mol. The van der Waals surface area contributed by atoms with E-state index in [0.717, 1.165) is 0 Å².